The highest BCUT2D eigenvalue weighted by Gasteiger charge is 2.19. The molecule has 1 nitrogen and oxygen atoms in total. The Balaban J connectivity index is 2.49. The Labute approximate surface area is 111 Å². The molecule has 1 atom stereocenters. The van der Waals surface area contributed by atoms with Crippen molar-refractivity contribution in [1.29, 1.82) is 0 Å². The quantitative estimate of drug-likeness (QED) is 0.840. The summed E-state index contributed by atoms with van der Waals surface area (Å²) in [5, 5.41) is 7.03. The maximum atomic E-state index is 13.5. The van der Waals surface area contributed by atoms with E-state index in [4.69, 9.17) is 0 Å². The van der Waals surface area contributed by atoms with Crippen molar-refractivity contribution < 1.29 is 8.78 Å². The van der Waals surface area contributed by atoms with Gasteiger partial charge in [0.15, 0.2) is 11.6 Å². The lowest BCUT2D eigenvalue weighted by Gasteiger charge is -2.17. The van der Waals surface area contributed by atoms with Crippen LogP contribution < -0.4 is 5.32 Å². The van der Waals surface area contributed by atoms with Gasteiger partial charge in [-0.2, -0.15) is 11.3 Å². The van der Waals surface area contributed by atoms with Gasteiger partial charge in [0, 0.05) is 0 Å². The van der Waals surface area contributed by atoms with E-state index < -0.39 is 11.6 Å². The van der Waals surface area contributed by atoms with E-state index in [1.54, 1.807) is 24.5 Å². The zero-order valence-electron chi connectivity index (χ0n) is 9.01. The third-order valence-corrected chi connectivity index (χ3v) is 4.05. The molecule has 0 fully saturated rings. The molecule has 0 aliphatic heterocycles. The van der Waals surface area contributed by atoms with Gasteiger partial charge in [-0.15, -0.1) is 0 Å². The SMILES string of the molecule is CNC(c1ccsc1)c1ccc(F)c(F)c1Br. The maximum Gasteiger partial charge on any atom is 0.173 e. The molecule has 1 aromatic heterocycles. The minimum atomic E-state index is -0.849. The Kier molecular flexibility index (Phi) is 3.91. The first-order valence-corrected chi connectivity index (χ1v) is 6.71. The second-order valence-corrected chi connectivity index (χ2v) is 5.12. The smallest absolute Gasteiger partial charge is 0.173 e. The third-order valence-electron chi connectivity index (χ3n) is 2.54. The highest BCUT2D eigenvalue weighted by molar-refractivity contribution is 9.10. The molecule has 1 N–H and O–H groups in total. The molecular formula is C12H10BrF2NS. The summed E-state index contributed by atoms with van der Waals surface area (Å²) < 4.78 is 26.7. The molecule has 1 heterocycles. The molecule has 1 aromatic carbocycles. The molecule has 0 aliphatic carbocycles. The van der Waals surface area contributed by atoms with Crippen LogP contribution in [-0.2, 0) is 0 Å². The number of rotatable bonds is 3. The maximum absolute atomic E-state index is 13.5. The third kappa shape index (κ3) is 2.41. The minimum Gasteiger partial charge on any atom is -0.309 e. The van der Waals surface area contributed by atoms with Crippen LogP contribution in [0.5, 0.6) is 0 Å². The molecule has 0 saturated carbocycles. The second kappa shape index (κ2) is 5.25. The second-order valence-electron chi connectivity index (χ2n) is 3.54. The minimum absolute atomic E-state index is 0.147. The molecule has 0 radical (unpaired) electrons. The average Bonchev–Trinajstić information content (AvgIpc) is 2.84. The molecule has 0 aliphatic rings. The number of benzene rings is 1. The molecule has 1 unspecified atom stereocenters. The highest BCUT2D eigenvalue weighted by atomic mass is 79.9. The first-order chi connectivity index (χ1) is 8.15. The number of halogens is 3. The van der Waals surface area contributed by atoms with Crippen molar-refractivity contribution in [3.63, 3.8) is 0 Å². The Morgan fingerprint density at radius 3 is 2.65 bits per heavy atom. The van der Waals surface area contributed by atoms with Crippen molar-refractivity contribution in [2.24, 2.45) is 0 Å². The first-order valence-electron chi connectivity index (χ1n) is 4.98. The lowest BCUT2D eigenvalue weighted by Crippen LogP contribution is -2.18. The monoisotopic (exact) mass is 317 g/mol. The summed E-state index contributed by atoms with van der Waals surface area (Å²) in [6.45, 7) is 0. The van der Waals surface area contributed by atoms with Crippen LogP contribution in [0.2, 0.25) is 0 Å². The van der Waals surface area contributed by atoms with Gasteiger partial charge in [-0.3, -0.25) is 0 Å². The number of hydrogen-bond acceptors (Lipinski definition) is 2. The van der Waals surface area contributed by atoms with E-state index in [1.165, 1.54) is 0 Å². The molecular weight excluding hydrogens is 308 g/mol. The number of hydrogen-bond donors (Lipinski definition) is 1. The van der Waals surface area contributed by atoms with Crippen molar-refractivity contribution >= 4 is 27.3 Å². The lowest BCUT2D eigenvalue weighted by atomic mass is 10.0. The van der Waals surface area contributed by atoms with Gasteiger partial charge < -0.3 is 5.32 Å². The van der Waals surface area contributed by atoms with Crippen molar-refractivity contribution in [1.82, 2.24) is 5.32 Å². The fourth-order valence-electron chi connectivity index (χ4n) is 1.70. The molecule has 0 saturated heterocycles. The summed E-state index contributed by atoms with van der Waals surface area (Å²) in [4.78, 5) is 0. The topological polar surface area (TPSA) is 12.0 Å². The van der Waals surface area contributed by atoms with E-state index >= 15 is 0 Å². The van der Waals surface area contributed by atoms with Gasteiger partial charge in [-0.1, -0.05) is 6.07 Å². The average molecular weight is 318 g/mol. The number of nitrogens with one attached hydrogen (secondary N) is 1. The highest BCUT2D eigenvalue weighted by Crippen LogP contribution is 2.32. The molecule has 2 rings (SSSR count). The fraction of sp³-hybridized carbons (Fsp3) is 0.167. The molecule has 0 bridgehead atoms. The first kappa shape index (κ1) is 12.7. The Morgan fingerprint density at radius 2 is 2.06 bits per heavy atom. The van der Waals surface area contributed by atoms with Crippen LogP contribution in [-0.4, -0.2) is 7.05 Å². The van der Waals surface area contributed by atoms with Crippen LogP contribution in [0.1, 0.15) is 17.2 Å². The van der Waals surface area contributed by atoms with Gasteiger partial charge in [0.2, 0.25) is 0 Å². The Morgan fingerprint density at radius 1 is 1.29 bits per heavy atom. The van der Waals surface area contributed by atoms with Gasteiger partial charge in [-0.25, -0.2) is 8.78 Å². The van der Waals surface area contributed by atoms with E-state index in [-0.39, 0.29) is 10.5 Å². The largest absolute Gasteiger partial charge is 0.309 e. The predicted molar refractivity (Wildman–Crippen MR) is 69.3 cm³/mol. The molecule has 17 heavy (non-hydrogen) atoms. The fourth-order valence-corrected chi connectivity index (χ4v) is 2.94. The molecule has 0 amide bonds. The van der Waals surface area contributed by atoms with Gasteiger partial charge in [0.25, 0.3) is 0 Å². The van der Waals surface area contributed by atoms with Gasteiger partial charge in [0.05, 0.1) is 10.5 Å². The van der Waals surface area contributed by atoms with Crippen LogP contribution in [0.25, 0.3) is 0 Å². The zero-order valence-corrected chi connectivity index (χ0v) is 11.4. The standard InChI is InChI=1S/C12H10BrF2NS/c1-16-12(7-4-5-17-6-7)8-2-3-9(14)11(15)10(8)13/h2-6,12,16H,1H3. The van der Waals surface area contributed by atoms with E-state index in [0.717, 1.165) is 11.6 Å². The summed E-state index contributed by atoms with van der Waals surface area (Å²) in [5.74, 6) is -1.70. The van der Waals surface area contributed by atoms with Crippen LogP contribution >= 0.6 is 27.3 Å². The van der Waals surface area contributed by atoms with E-state index in [1.807, 2.05) is 16.8 Å². The van der Waals surface area contributed by atoms with E-state index in [2.05, 4.69) is 21.2 Å². The van der Waals surface area contributed by atoms with Crippen LogP contribution in [0.4, 0.5) is 8.78 Å². The summed E-state index contributed by atoms with van der Waals surface area (Å²) >= 11 is 4.67. The van der Waals surface area contributed by atoms with Crippen molar-refractivity contribution in [2.75, 3.05) is 7.05 Å². The summed E-state index contributed by atoms with van der Waals surface area (Å²) in [6.07, 6.45) is 0. The molecule has 5 heteroatoms. The summed E-state index contributed by atoms with van der Waals surface area (Å²) in [5.41, 5.74) is 1.72. The van der Waals surface area contributed by atoms with Crippen LogP contribution in [0, 0.1) is 11.6 Å². The van der Waals surface area contributed by atoms with E-state index in [9.17, 15) is 8.78 Å². The summed E-state index contributed by atoms with van der Waals surface area (Å²) in [7, 11) is 1.79. The van der Waals surface area contributed by atoms with Crippen molar-refractivity contribution in [3.8, 4) is 0 Å². The van der Waals surface area contributed by atoms with E-state index in [0.29, 0.717) is 5.56 Å². The number of thiophene rings is 1. The normalized spacial score (nSPS) is 12.7. The lowest BCUT2D eigenvalue weighted by molar-refractivity contribution is 0.499. The van der Waals surface area contributed by atoms with Gasteiger partial charge in [0.1, 0.15) is 0 Å². The summed E-state index contributed by atoms with van der Waals surface area (Å²) in [6, 6.07) is 4.54. The Bertz CT molecular complexity index is 513. The van der Waals surface area contributed by atoms with Crippen LogP contribution in [0.3, 0.4) is 0 Å². The zero-order chi connectivity index (χ0) is 12.4. The Hall–Kier alpha value is -0.780. The molecule has 90 valence electrons. The van der Waals surface area contributed by atoms with Crippen molar-refractivity contribution in [3.05, 3.63) is 56.2 Å². The van der Waals surface area contributed by atoms with Gasteiger partial charge in [-0.05, 0) is 57.0 Å². The molecule has 2 aromatic rings. The van der Waals surface area contributed by atoms with Crippen LogP contribution in [0.15, 0.2) is 33.4 Å². The van der Waals surface area contributed by atoms with Crippen molar-refractivity contribution in [2.45, 2.75) is 6.04 Å². The molecule has 0 spiro atoms. The predicted octanol–water partition coefficient (Wildman–Crippen LogP) is 4.10. The van der Waals surface area contributed by atoms with Gasteiger partial charge >= 0.3 is 0 Å².